The van der Waals surface area contributed by atoms with Crippen molar-refractivity contribution < 1.29 is 4.74 Å². The van der Waals surface area contributed by atoms with Gasteiger partial charge in [0.1, 0.15) is 5.75 Å². The predicted molar refractivity (Wildman–Crippen MR) is 81.2 cm³/mol. The molecule has 0 aliphatic heterocycles. The normalized spacial score (nSPS) is 12.8. The summed E-state index contributed by atoms with van der Waals surface area (Å²) in [4.78, 5) is 0. The van der Waals surface area contributed by atoms with Crippen LogP contribution in [-0.2, 0) is 0 Å². The number of hydrogen-bond acceptors (Lipinski definition) is 2. The van der Waals surface area contributed by atoms with Crippen LogP contribution in [0.25, 0.3) is 0 Å². The first kappa shape index (κ1) is 15.5. The Bertz CT molecular complexity index is 366. The van der Waals surface area contributed by atoms with Crippen molar-refractivity contribution in [3.63, 3.8) is 0 Å². The molecule has 1 atom stereocenters. The molecular weight excluding hydrogens is 290 g/mol. The number of ether oxygens (including phenoxy) is 1. The second kappa shape index (κ2) is 7.80. The Balaban J connectivity index is 3.03. The molecule has 0 radical (unpaired) electrons. The maximum Gasteiger partial charge on any atom is 0.124 e. The molecule has 0 bridgehead atoms. The molecule has 102 valence electrons. The summed E-state index contributed by atoms with van der Waals surface area (Å²) in [5.74, 6) is 1.65. The van der Waals surface area contributed by atoms with E-state index in [9.17, 15) is 0 Å². The molecule has 0 fully saturated rings. The Labute approximate surface area is 119 Å². The average Bonchev–Trinajstić information content (AvgIpc) is 2.30. The summed E-state index contributed by atoms with van der Waals surface area (Å²) < 4.78 is 6.84. The van der Waals surface area contributed by atoms with Gasteiger partial charge in [0, 0.05) is 16.1 Å². The molecule has 0 aliphatic rings. The number of nitrogens with one attached hydrogen (secondary N) is 1. The Morgan fingerprint density at radius 1 is 1.28 bits per heavy atom. The molecule has 0 spiro atoms. The van der Waals surface area contributed by atoms with Crippen LogP contribution in [-0.4, -0.2) is 13.2 Å². The van der Waals surface area contributed by atoms with E-state index in [-0.39, 0.29) is 0 Å². The Hall–Kier alpha value is -0.540. The minimum absolute atomic E-state index is 0.356. The Morgan fingerprint density at radius 2 is 2.00 bits per heavy atom. The molecule has 1 unspecified atom stereocenters. The third kappa shape index (κ3) is 4.62. The summed E-state index contributed by atoms with van der Waals surface area (Å²) in [5, 5.41) is 3.56. The number of hydrogen-bond donors (Lipinski definition) is 1. The first-order chi connectivity index (χ1) is 8.58. The molecule has 18 heavy (non-hydrogen) atoms. The minimum Gasteiger partial charge on any atom is -0.494 e. The van der Waals surface area contributed by atoms with Crippen LogP contribution in [0.2, 0.25) is 0 Å². The van der Waals surface area contributed by atoms with Crippen LogP contribution in [0, 0.1) is 5.92 Å². The fourth-order valence-electron chi connectivity index (χ4n) is 2.12. The van der Waals surface area contributed by atoms with Crippen LogP contribution >= 0.6 is 15.9 Å². The Morgan fingerprint density at radius 3 is 2.56 bits per heavy atom. The first-order valence-corrected chi connectivity index (χ1v) is 7.53. The van der Waals surface area contributed by atoms with Crippen LogP contribution < -0.4 is 10.1 Å². The smallest absolute Gasteiger partial charge is 0.124 e. The molecule has 1 N–H and O–H groups in total. The standard InChI is InChI=1S/C15H24BrNO/c1-5-17-14(9-11(3)4)13-10-12(16)7-8-15(13)18-6-2/h7-8,10-11,14,17H,5-6,9H2,1-4H3. The minimum atomic E-state index is 0.356. The van der Waals surface area contributed by atoms with Gasteiger partial charge in [-0.1, -0.05) is 36.7 Å². The van der Waals surface area contributed by atoms with E-state index < -0.39 is 0 Å². The third-order valence-electron chi connectivity index (χ3n) is 2.80. The molecule has 0 aromatic heterocycles. The zero-order chi connectivity index (χ0) is 13.5. The zero-order valence-corrected chi connectivity index (χ0v) is 13.4. The maximum atomic E-state index is 5.74. The molecule has 0 saturated carbocycles. The summed E-state index contributed by atoms with van der Waals surface area (Å²) in [7, 11) is 0. The highest BCUT2D eigenvalue weighted by molar-refractivity contribution is 9.10. The fourth-order valence-corrected chi connectivity index (χ4v) is 2.50. The van der Waals surface area contributed by atoms with Crippen LogP contribution in [0.5, 0.6) is 5.75 Å². The van der Waals surface area contributed by atoms with E-state index in [1.807, 2.05) is 19.1 Å². The highest BCUT2D eigenvalue weighted by Gasteiger charge is 2.17. The third-order valence-corrected chi connectivity index (χ3v) is 3.30. The monoisotopic (exact) mass is 313 g/mol. The Kier molecular flexibility index (Phi) is 6.72. The van der Waals surface area contributed by atoms with Crippen molar-refractivity contribution in [2.45, 2.75) is 40.2 Å². The van der Waals surface area contributed by atoms with Crippen LogP contribution in [0.15, 0.2) is 22.7 Å². The van der Waals surface area contributed by atoms with Gasteiger partial charge in [0.2, 0.25) is 0 Å². The molecule has 2 nitrogen and oxygen atoms in total. The highest BCUT2D eigenvalue weighted by atomic mass is 79.9. The van der Waals surface area contributed by atoms with Crippen molar-refractivity contribution in [2.75, 3.05) is 13.2 Å². The molecular formula is C15H24BrNO. The summed E-state index contributed by atoms with van der Waals surface area (Å²) in [5.41, 5.74) is 1.25. The van der Waals surface area contributed by atoms with E-state index >= 15 is 0 Å². The van der Waals surface area contributed by atoms with Crippen LogP contribution in [0.4, 0.5) is 0 Å². The molecule has 0 aliphatic carbocycles. The van der Waals surface area contributed by atoms with Crippen LogP contribution in [0.1, 0.15) is 45.7 Å². The highest BCUT2D eigenvalue weighted by Crippen LogP contribution is 2.32. The maximum absolute atomic E-state index is 5.74. The van der Waals surface area contributed by atoms with E-state index in [4.69, 9.17) is 4.74 Å². The first-order valence-electron chi connectivity index (χ1n) is 6.74. The molecule has 1 rings (SSSR count). The van der Waals surface area contributed by atoms with Gasteiger partial charge in [0.15, 0.2) is 0 Å². The molecule has 3 heteroatoms. The van der Waals surface area contributed by atoms with Gasteiger partial charge >= 0.3 is 0 Å². The van der Waals surface area contributed by atoms with E-state index in [1.165, 1.54) is 5.56 Å². The van der Waals surface area contributed by atoms with E-state index in [2.05, 4.69) is 48.1 Å². The lowest BCUT2D eigenvalue weighted by Crippen LogP contribution is -2.23. The van der Waals surface area contributed by atoms with Gasteiger partial charge in [-0.2, -0.15) is 0 Å². The van der Waals surface area contributed by atoms with Gasteiger partial charge in [0.05, 0.1) is 6.61 Å². The SMILES string of the molecule is CCNC(CC(C)C)c1cc(Br)ccc1OCC. The van der Waals surface area contributed by atoms with Crippen LogP contribution in [0.3, 0.4) is 0 Å². The molecule has 0 heterocycles. The van der Waals surface area contributed by atoms with Gasteiger partial charge in [0.25, 0.3) is 0 Å². The zero-order valence-electron chi connectivity index (χ0n) is 11.8. The second-order valence-corrected chi connectivity index (χ2v) is 5.77. The summed E-state index contributed by atoms with van der Waals surface area (Å²) in [6, 6.07) is 6.61. The lowest BCUT2D eigenvalue weighted by atomic mass is 9.96. The fraction of sp³-hybridized carbons (Fsp3) is 0.600. The van der Waals surface area contributed by atoms with Crippen molar-refractivity contribution >= 4 is 15.9 Å². The van der Waals surface area contributed by atoms with Gasteiger partial charge in [-0.3, -0.25) is 0 Å². The van der Waals surface area contributed by atoms with Gasteiger partial charge < -0.3 is 10.1 Å². The van der Waals surface area contributed by atoms with Crippen molar-refractivity contribution in [3.8, 4) is 5.75 Å². The summed E-state index contributed by atoms with van der Waals surface area (Å²) in [6.45, 7) is 10.3. The average molecular weight is 314 g/mol. The molecule has 0 amide bonds. The van der Waals surface area contributed by atoms with Gasteiger partial charge in [-0.05, 0) is 44.0 Å². The van der Waals surface area contributed by atoms with Crippen molar-refractivity contribution in [2.24, 2.45) is 5.92 Å². The predicted octanol–water partition coefficient (Wildman–Crippen LogP) is 4.54. The van der Waals surface area contributed by atoms with Gasteiger partial charge in [-0.15, -0.1) is 0 Å². The summed E-state index contributed by atoms with van der Waals surface area (Å²) in [6.07, 6.45) is 1.12. The number of rotatable bonds is 7. The molecule has 1 aromatic rings. The second-order valence-electron chi connectivity index (χ2n) is 4.85. The molecule has 0 saturated heterocycles. The summed E-state index contributed by atoms with van der Waals surface area (Å²) >= 11 is 3.55. The lowest BCUT2D eigenvalue weighted by molar-refractivity contribution is 0.326. The number of halogens is 1. The van der Waals surface area contributed by atoms with E-state index in [0.717, 1.165) is 23.2 Å². The van der Waals surface area contributed by atoms with Crippen molar-refractivity contribution in [3.05, 3.63) is 28.2 Å². The topological polar surface area (TPSA) is 21.3 Å². The quantitative estimate of drug-likeness (QED) is 0.797. The van der Waals surface area contributed by atoms with E-state index in [1.54, 1.807) is 0 Å². The lowest BCUT2D eigenvalue weighted by Gasteiger charge is -2.23. The van der Waals surface area contributed by atoms with Gasteiger partial charge in [-0.25, -0.2) is 0 Å². The molecule has 1 aromatic carbocycles. The largest absolute Gasteiger partial charge is 0.494 e. The van der Waals surface area contributed by atoms with Crippen molar-refractivity contribution in [1.82, 2.24) is 5.32 Å². The van der Waals surface area contributed by atoms with Crippen molar-refractivity contribution in [1.29, 1.82) is 0 Å². The van der Waals surface area contributed by atoms with E-state index in [0.29, 0.717) is 18.6 Å². The number of benzene rings is 1.